The maximum Gasteiger partial charge on any atom is 0.573 e. The molecule has 0 aliphatic rings. The first-order chi connectivity index (χ1) is 10.7. The van der Waals surface area contributed by atoms with Crippen molar-refractivity contribution in [2.75, 3.05) is 0 Å². The molecule has 0 spiro atoms. The van der Waals surface area contributed by atoms with E-state index in [9.17, 15) is 18.0 Å². The lowest BCUT2D eigenvalue weighted by Gasteiger charge is -2.08. The molecule has 0 fully saturated rings. The van der Waals surface area contributed by atoms with Crippen LogP contribution in [0.3, 0.4) is 0 Å². The van der Waals surface area contributed by atoms with Crippen LogP contribution in [0.25, 0.3) is 0 Å². The van der Waals surface area contributed by atoms with Crippen molar-refractivity contribution in [3.63, 3.8) is 0 Å². The van der Waals surface area contributed by atoms with Crippen molar-refractivity contribution in [3.05, 3.63) is 42.1 Å². The highest BCUT2D eigenvalue weighted by Gasteiger charge is 2.30. The first-order valence-corrected chi connectivity index (χ1v) is 7.43. The Balaban J connectivity index is 0. The molecule has 1 N–H and O–H groups in total. The Labute approximate surface area is 136 Å². The molecule has 1 aromatic carbocycles. The Kier molecular flexibility index (Phi) is 12.7. The molecular formula is C17H26F3NO2. The zero-order valence-corrected chi connectivity index (χ0v) is 14.5. The maximum absolute atomic E-state index is 11.9. The van der Waals surface area contributed by atoms with Crippen LogP contribution in [0.5, 0.6) is 5.75 Å². The summed E-state index contributed by atoms with van der Waals surface area (Å²) in [7, 11) is 0. The molecule has 1 amide bonds. The molecule has 0 aromatic heterocycles. The molecule has 0 aliphatic heterocycles. The third-order valence-corrected chi connectivity index (χ3v) is 1.73. The summed E-state index contributed by atoms with van der Waals surface area (Å²) in [6.07, 6.45) is -1.67. The minimum Gasteiger partial charge on any atom is -0.406 e. The summed E-state index contributed by atoms with van der Waals surface area (Å²) in [6, 6.07) is 4.66. The molecule has 1 rings (SSSR count). The van der Waals surface area contributed by atoms with Crippen LogP contribution in [-0.2, 0) is 0 Å². The number of carbonyl (C=O) groups excluding carboxylic acids is 1. The Morgan fingerprint density at radius 1 is 1.13 bits per heavy atom. The molecule has 0 bridgehead atoms. The van der Waals surface area contributed by atoms with E-state index >= 15 is 0 Å². The highest BCUT2D eigenvalue weighted by molar-refractivity contribution is 5.94. The lowest BCUT2D eigenvalue weighted by atomic mass is 10.2. The lowest BCUT2D eigenvalue weighted by molar-refractivity contribution is -0.274. The number of rotatable bonds is 3. The van der Waals surface area contributed by atoms with Crippen molar-refractivity contribution < 1.29 is 22.7 Å². The van der Waals surface area contributed by atoms with Crippen LogP contribution < -0.4 is 10.1 Å². The van der Waals surface area contributed by atoms with Crippen molar-refractivity contribution >= 4 is 5.91 Å². The van der Waals surface area contributed by atoms with Crippen LogP contribution in [0.2, 0.25) is 0 Å². The van der Waals surface area contributed by atoms with Gasteiger partial charge in [0.15, 0.2) is 0 Å². The van der Waals surface area contributed by atoms with Gasteiger partial charge in [-0.05, 0) is 43.3 Å². The largest absolute Gasteiger partial charge is 0.573 e. The third kappa shape index (κ3) is 14.7. The van der Waals surface area contributed by atoms with E-state index in [-0.39, 0.29) is 11.3 Å². The molecule has 0 aliphatic carbocycles. The van der Waals surface area contributed by atoms with Gasteiger partial charge < -0.3 is 10.1 Å². The van der Waals surface area contributed by atoms with Crippen LogP contribution in [0.15, 0.2) is 36.5 Å². The second-order valence-corrected chi connectivity index (χ2v) is 4.78. The fourth-order valence-electron chi connectivity index (χ4n) is 1.05. The molecule has 0 saturated carbocycles. The highest BCUT2D eigenvalue weighted by Crippen LogP contribution is 2.22. The topological polar surface area (TPSA) is 38.3 Å². The standard InChI is InChI=1S/C11H10F3NO2.C4H10.C2H6/c1-2-7-15-10(16)8-3-5-9(6-4-8)17-11(12,13)14;1-4(2)3;1-2/h2-7H,1H3,(H,15,16);4H,1-3H3;1-2H3/b7-2+;;. The van der Waals surface area contributed by atoms with Gasteiger partial charge in [0.2, 0.25) is 0 Å². The molecule has 23 heavy (non-hydrogen) atoms. The molecule has 6 heteroatoms. The average molecular weight is 333 g/mol. The molecule has 0 radical (unpaired) electrons. The van der Waals surface area contributed by atoms with Crippen molar-refractivity contribution in [2.45, 2.75) is 47.9 Å². The highest BCUT2D eigenvalue weighted by atomic mass is 19.4. The van der Waals surface area contributed by atoms with Crippen LogP contribution in [0, 0.1) is 5.92 Å². The van der Waals surface area contributed by atoms with Gasteiger partial charge >= 0.3 is 6.36 Å². The maximum atomic E-state index is 11.9. The van der Waals surface area contributed by atoms with E-state index in [4.69, 9.17) is 0 Å². The molecule has 0 unspecified atom stereocenters. The van der Waals surface area contributed by atoms with Gasteiger partial charge in [-0.15, -0.1) is 13.2 Å². The number of alkyl halides is 3. The molecule has 0 heterocycles. The van der Waals surface area contributed by atoms with Gasteiger partial charge in [-0.3, -0.25) is 4.79 Å². The summed E-state index contributed by atoms with van der Waals surface area (Å²) >= 11 is 0. The summed E-state index contributed by atoms with van der Waals surface area (Å²) in [6.45, 7) is 12.2. The Hall–Kier alpha value is -1.98. The van der Waals surface area contributed by atoms with Crippen molar-refractivity contribution in [2.24, 2.45) is 5.92 Å². The predicted octanol–water partition coefficient (Wildman–Crippen LogP) is 5.54. The van der Waals surface area contributed by atoms with Gasteiger partial charge in [-0.2, -0.15) is 0 Å². The lowest BCUT2D eigenvalue weighted by Crippen LogP contribution is -2.18. The van der Waals surface area contributed by atoms with E-state index in [1.54, 1.807) is 13.0 Å². The predicted molar refractivity (Wildman–Crippen MR) is 87.3 cm³/mol. The minimum atomic E-state index is -4.73. The summed E-state index contributed by atoms with van der Waals surface area (Å²) in [4.78, 5) is 11.4. The summed E-state index contributed by atoms with van der Waals surface area (Å²) in [5, 5.41) is 2.43. The van der Waals surface area contributed by atoms with Gasteiger partial charge in [-0.1, -0.05) is 40.7 Å². The van der Waals surface area contributed by atoms with Crippen LogP contribution in [0.4, 0.5) is 13.2 Å². The fraction of sp³-hybridized carbons (Fsp3) is 0.471. The van der Waals surface area contributed by atoms with E-state index < -0.39 is 12.3 Å². The van der Waals surface area contributed by atoms with Gasteiger partial charge in [0, 0.05) is 5.56 Å². The number of hydrogen-bond acceptors (Lipinski definition) is 2. The number of carbonyl (C=O) groups is 1. The van der Waals surface area contributed by atoms with E-state index in [0.29, 0.717) is 0 Å². The average Bonchev–Trinajstić information content (AvgIpc) is 2.45. The third-order valence-electron chi connectivity index (χ3n) is 1.73. The van der Waals surface area contributed by atoms with Crippen LogP contribution in [-0.4, -0.2) is 12.3 Å². The molecular weight excluding hydrogens is 307 g/mol. The fourth-order valence-corrected chi connectivity index (χ4v) is 1.05. The second kappa shape index (κ2) is 12.6. The number of nitrogens with one attached hydrogen (secondary N) is 1. The van der Waals surface area contributed by atoms with E-state index in [0.717, 1.165) is 18.1 Å². The van der Waals surface area contributed by atoms with E-state index in [1.807, 2.05) is 13.8 Å². The van der Waals surface area contributed by atoms with E-state index in [2.05, 4.69) is 30.8 Å². The molecule has 1 aromatic rings. The molecule has 3 nitrogen and oxygen atoms in total. The minimum absolute atomic E-state index is 0.248. The number of halogens is 3. The summed E-state index contributed by atoms with van der Waals surface area (Å²) < 4.78 is 39.2. The number of benzene rings is 1. The monoisotopic (exact) mass is 333 g/mol. The molecule has 0 saturated heterocycles. The van der Waals surface area contributed by atoms with E-state index in [1.165, 1.54) is 18.3 Å². The molecule has 0 atom stereocenters. The number of allylic oxidation sites excluding steroid dienone is 1. The Morgan fingerprint density at radius 2 is 1.57 bits per heavy atom. The van der Waals surface area contributed by atoms with Gasteiger partial charge in [-0.25, -0.2) is 0 Å². The van der Waals surface area contributed by atoms with Gasteiger partial charge in [0.1, 0.15) is 5.75 Å². The van der Waals surface area contributed by atoms with Crippen molar-refractivity contribution in [3.8, 4) is 5.75 Å². The zero-order chi connectivity index (χ0) is 18.5. The van der Waals surface area contributed by atoms with Crippen LogP contribution >= 0.6 is 0 Å². The Morgan fingerprint density at radius 3 is 1.91 bits per heavy atom. The number of hydrogen-bond donors (Lipinski definition) is 1. The first-order valence-electron chi connectivity index (χ1n) is 7.43. The quantitative estimate of drug-likeness (QED) is 0.789. The van der Waals surface area contributed by atoms with Gasteiger partial charge in [0.05, 0.1) is 0 Å². The summed E-state index contributed by atoms with van der Waals surface area (Å²) in [5.74, 6) is 0.0711. The van der Waals surface area contributed by atoms with Crippen molar-refractivity contribution in [1.82, 2.24) is 5.32 Å². The SMILES string of the molecule is C/C=C/NC(=O)c1ccc(OC(F)(F)F)cc1.CC.CC(C)C. The van der Waals surface area contributed by atoms with Crippen LogP contribution in [0.1, 0.15) is 51.9 Å². The smallest absolute Gasteiger partial charge is 0.406 e. The zero-order valence-electron chi connectivity index (χ0n) is 14.5. The number of amides is 1. The first kappa shape index (κ1) is 23.3. The normalized spacial score (nSPS) is 10.3. The summed E-state index contributed by atoms with van der Waals surface area (Å²) in [5.41, 5.74) is 0.248. The van der Waals surface area contributed by atoms with Crippen molar-refractivity contribution in [1.29, 1.82) is 0 Å². The van der Waals surface area contributed by atoms with Gasteiger partial charge in [0.25, 0.3) is 5.91 Å². The second-order valence-electron chi connectivity index (χ2n) is 4.78. The molecule has 132 valence electrons. The Bertz CT molecular complexity index is 449. The number of ether oxygens (including phenoxy) is 1.